The van der Waals surface area contributed by atoms with Crippen molar-refractivity contribution in [1.29, 1.82) is 0 Å². The Labute approximate surface area is 173 Å². The van der Waals surface area contributed by atoms with E-state index in [2.05, 4.69) is 10.6 Å². The number of ether oxygens (including phenoxy) is 1. The molecule has 2 aromatic carbocycles. The number of carbonyl (C=O) groups is 2. The predicted octanol–water partition coefficient (Wildman–Crippen LogP) is 2.26. The normalized spacial score (nSPS) is 19.0. The first-order valence-corrected chi connectivity index (χ1v) is 10.9. The third kappa shape index (κ3) is 3.75. The summed E-state index contributed by atoms with van der Waals surface area (Å²) in [4.78, 5) is 24.3. The lowest BCUT2D eigenvalue weighted by Gasteiger charge is -2.26. The minimum Gasteiger partial charge on any atom is -0.482 e. The number of sulfonamides is 1. The van der Waals surface area contributed by atoms with Gasteiger partial charge in [0.25, 0.3) is 5.91 Å². The second kappa shape index (κ2) is 7.69. The maximum Gasteiger partial charge on any atom is 0.262 e. The summed E-state index contributed by atoms with van der Waals surface area (Å²) in [6.07, 6.45) is 0.917. The van der Waals surface area contributed by atoms with Crippen molar-refractivity contribution in [3.63, 3.8) is 0 Å². The Balaban J connectivity index is 1.61. The third-order valence-corrected chi connectivity index (χ3v) is 7.16. The molecule has 8 nitrogen and oxygen atoms in total. The van der Waals surface area contributed by atoms with Crippen molar-refractivity contribution in [2.45, 2.75) is 30.7 Å². The van der Waals surface area contributed by atoms with Crippen LogP contribution in [0.3, 0.4) is 0 Å². The maximum absolute atomic E-state index is 13.4. The van der Waals surface area contributed by atoms with Gasteiger partial charge in [-0.25, -0.2) is 12.8 Å². The fraction of sp³-hybridized carbons (Fsp3) is 0.300. The van der Waals surface area contributed by atoms with Crippen LogP contribution in [-0.4, -0.2) is 43.7 Å². The largest absolute Gasteiger partial charge is 0.482 e. The molecule has 2 amide bonds. The van der Waals surface area contributed by atoms with E-state index in [1.165, 1.54) is 34.6 Å². The van der Waals surface area contributed by atoms with Crippen LogP contribution in [0, 0.1) is 12.7 Å². The number of nitrogens with zero attached hydrogens (tertiary/aromatic N) is 1. The average molecular weight is 433 g/mol. The quantitative estimate of drug-likeness (QED) is 0.770. The molecule has 0 radical (unpaired) electrons. The fourth-order valence-electron chi connectivity index (χ4n) is 3.67. The topological polar surface area (TPSA) is 105 Å². The van der Waals surface area contributed by atoms with E-state index in [1.54, 1.807) is 13.0 Å². The van der Waals surface area contributed by atoms with Gasteiger partial charge < -0.3 is 15.4 Å². The van der Waals surface area contributed by atoms with E-state index in [9.17, 15) is 22.4 Å². The molecule has 0 spiro atoms. The predicted molar refractivity (Wildman–Crippen MR) is 107 cm³/mol. The minimum atomic E-state index is -3.99. The Morgan fingerprint density at radius 2 is 2.00 bits per heavy atom. The summed E-state index contributed by atoms with van der Waals surface area (Å²) in [6, 6.07) is 7.31. The van der Waals surface area contributed by atoms with Gasteiger partial charge in [-0.2, -0.15) is 4.31 Å². The molecule has 2 aromatic rings. The van der Waals surface area contributed by atoms with Crippen molar-refractivity contribution in [3.05, 3.63) is 47.8 Å². The molecule has 2 N–H and O–H groups in total. The number of hydrogen-bond donors (Lipinski definition) is 2. The molecule has 2 heterocycles. The highest BCUT2D eigenvalue weighted by atomic mass is 32.2. The van der Waals surface area contributed by atoms with Gasteiger partial charge in [-0.1, -0.05) is 0 Å². The molecule has 2 aliphatic heterocycles. The number of benzene rings is 2. The maximum atomic E-state index is 13.4. The van der Waals surface area contributed by atoms with Crippen LogP contribution in [0.4, 0.5) is 15.8 Å². The van der Waals surface area contributed by atoms with Crippen molar-refractivity contribution >= 4 is 33.2 Å². The highest BCUT2D eigenvalue weighted by Gasteiger charge is 2.40. The molecule has 2 aliphatic rings. The molecular weight excluding hydrogens is 413 g/mol. The van der Waals surface area contributed by atoms with Crippen LogP contribution in [0.15, 0.2) is 41.3 Å². The van der Waals surface area contributed by atoms with Crippen LogP contribution in [0.1, 0.15) is 18.4 Å². The van der Waals surface area contributed by atoms with Crippen LogP contribution in [-0.2, 0) is 19.6 Å². The van der Waals surface area contributed by atoms with Crippen LogP contribution in [0.2, 0.25) is 0 Å². The number of nitrogens with one attached hydrogen (secondary N) is 2. The van der Waals surface area contributed by atoms with E-state index in [0.717, 1.165) is 0 Å². The summed E-state index contributed by atoms with van der Waals surface area (Å²) in [6.45, 7) is 1.64. The van der Waals surface area contributed by atoms with E-state index in [4.69, 9.17) is 4.74 Å². The lowest BCUT2D eigenvalue weighted by molar-refractivity contribution is -0.119. The number of amides is 2. The number of carbonyl (C=O) groups excluding carboxylic acids is 2. The van der Waals surface area contributed by atoms with E-state index in [1.807, 2.05) is 0 Å². The SMILES string of the molecule is Cc1cc2c(cc1S(=O)(=O)N1CCCC1C(=O)Nc1ccc(F)cc1)OCC(=O)N2. The molecule has 0 bridgehead atoms. The van der Waals surface area contributed by atoms with Gasteiger partial charge in [0.2, 0.25) is 15.9 Å². The van der Waals surface area contributed by atoms with Gasteiger partial charge in [-0.05, 0) is 55.7 Å². The van der Waals surface area contributed by atoms with Gasteiger partial charge in [0.15, 0.2) is 6.61 Å². The number of rotatable bonds is 4. The Bertz CT molecular complexity index is 1120. The van der Waals surface area contributed by atoms with Crippen LogP contribution in [0.5, 0.6) is 5.75 Å². The molecule has 1 fully saturated rings. The van der Waals surface area contributed by atoms with Gasteiger partial charge in [-0.3, -0.25) is 9.59 Å². The molecule has 1 unspecified atom stereocenters. The average Bonchev–Trinajstić information content (AvgIpc) is 3.20. The molecule has 30 heavy (non-hydrogen) atoms. The van der Waals surface area contributed by atoms with Crippen molar-refractivity contribution in [2.75, 3.05) is 23.8 Å². The lowest BCUT2D eigenvalue weighted by atomic mass is 10.2. The Hall–Kier alpha value is -2.98. The second-order valence-corrected chi connectivity index (χ2v) is 9.08. The zero-order valence-corrected chi connectivity index (χ0v) is 17.0. The highest BCUT2D eigenvalue weighted by molar-refractivity contribution is 7.89. The lowest BCUT2D eigenvalue weighted by Crippen LogP contribution is -2.43. The van der Waals surface area contributed by atoms with Gasteiger partial charge in [0, 0.05) is 18.3 Å². The molecule has 1 saturated heterocycles. The first-order valence-electron chi connectivity index (χ1n) is 9.41. The summed E-state index contributed by atoms with van der Waals surface area (Å²) < 4.78 is 46.3. The number of halogens is 1. The Morgan fingerprint density at radius 3 is 2.73 bits per heavy atom. The number of aryl methyl sites for hydroxylation is 1. The van der Waals surface area contributed by atoms with E-state index < -0.39 is 27.8 Å². The summed E-state index contributed by atoms with van der Waals surface area (Å²) in [5.74, 6) is -0.943. The molecule has 0 saturated carbocycles. The third-order valence-electron chi connectivity index (χ3n) is 5.11. The van der Waals surface area contributed by atoms with Gasteiger partial charge in [-0.15, -0.1) is 0 Å². The summed E-state index contributed by atoms with van der Waals surface area (Å²) in [5, 5.41) is 5.29. The summed E-state index contributed by atoms with van der Waals surface area (Å²) in [7, 11) is -3.99. The number of fused-ring (bicyclic) bond motifs is 1. The molecule has 10 heteroatoms. The molecular formula is C20H20FN3O5S. The molecule has 158 valence electrons. The van der Waals surface area contributed by atoms with Crippen LogP contribution in [0.25, 0.3) is 0 Å². The van der Waals surface area contributed by atoms with E-state index >= 15 is 0 Å². The Morgan fingerprint density at radius 1 is 1.27 bits per heavy atom. The molecule has 0 aliphatic carbocycles. The standard InChI is InChI=1S/C20H20FN3O5S/c1-12-9-15-17(29-11-19(25)23-15)10-18(12)30(27,28)24-8-2-3-16(24)20(26)22-14-6-4-13(21)5-7-14/h4-7,9-10,16H,2-3,8,11H2,1H3,(H,22,26)(H,23,25). The van der Waals surface area contributed by atoms with Gasteiger partial charge >= 0.3 is 0 Å². The first kappa shape index (κ1) is 20.3. The van der Waals surface area contributed by atoms with E-state index in [-0.39, 0.29) is 29.7 Å². The van der Waals surface area contributed by atoms with Gasteiger partial charge in [0.1, 0.15) is 17.6 Å². The second-order valence-electron chi connectivity index (χ2n) is 7.22. The number of hydrogen-bond acceptors (Lipinski definition) is 5. The first-order chi connectivity index (χ1) is 14.3. The summed E-state index contributed by atoms with van der Waals surface area (Å²) >= 11 is 0. The fourth-order valence-corrected chi connectivity index (χ4v) is 5.55. The highest BCUT2D eigenvalue weighted by Crippen LogP contribution is 2.36. The molecule has 4 rings (SSSR count). The summed E-state index contributed by atoms with van der Waals surface area (Å²) in [5.41, 5.74) is 1.23. The van der Waals surface area contributed by atoms with Gasteiger partial charge in [0.05, 0.1) is 10.6 Å². The monoisotopic (exact) mass is 433 g/mol. The van der Waals surface area contributed by atoms with Crippen molar-refractivity contribution in [3.8, 4) is 5.75 Å². The Kier molecular flexibility index (Phi) is 5.20. The zero-order valence-electron chi connectivity index (χ0n) is 16.1. The smallest absolute Gasteiger partial charge is 0.262 e. The van der Waals surface area contributed by atoms with Crippen molar-refractivity contribution < 1.29 is 27.1 Å². The minimum absolute atomic E-state index is 0.0267. The number of anilines is 2. The molecule has 0 aromatic heterocycles. The molecule has 1 atom stereocenters. The van der Waals surface area contributed by atoms with Crippen molar-refractivity contribution in [1.82, 2.24) is 4.31 Å². The van der Waals surface area contributed by atoms with Crippen LogP contribution >= 0.6 is 0 Å². The van der Waals surface area contributed by atoms with E-state index in [0.29, 0.717) is 29.8 Å². The zero-order chi connectivity index (χ0) is 21.5. The van der Waals surface area contributed by atoms with Crippen molar-refractivity contribution in [2.24, 2.45) is 0 Å². The van der Waals surface area contributed by atoms with Crippen LogP contribution < -0.4 is 15.4 Å².